The van der Waals surface area contributed by atoms with Crippen LogP contribution < -0.4 is 5.32 Å². The molecule has 0 spiro atoms. The van der Waals surface area contributed by atoms with Crippen molar-refractivity contribution in [3.05, 3.63) is 0 Å². The van der Waals surface area contributed by atoms with E-state index in [4.69, 9.17) is 0 Å². The first kappa shape index (κ1) is 15.6. The second-order valence-electron chi connectivity index (χ2n) is 6.98. The Morgan fingerprint density at radius 3 is 2.10 bits per heavy atom. The summed E-state index contributed by atoms with van der Waals surface area (Å²) in [5.41, 5.74) is 0. The number of hydrogen-bond donors (Lipinski definition) is 1. The van der Waals surface area contributed by atoms with Crippen LogP contribution in [0.15, 0.2) is 0 Å². The molecular formula is C16H31N3O. The highest BCUT2D eigenvalue weighted by Gasteiger charge is 2.37. The Morgan fingerprint density at radius 1 is 1.05 bits per heavy atom. The normalized spacial score (nSPS) is 21.6. The van der Waals surface area contributed by atoms with Gasteiger partial charge < -0.3 is 10.2 Å². The van der Waals surface area contributed by atoms with Crippen molar-refractivity contribution in [1.82, 2.24) is 15.1 Å². The zero-order valence-electron chi connectivity index (χ0n) is 13.6. The summed E-state index contributed by atoms with van der Waals surface area (Å²) >= 11 is 0. The molecule has 0 aromatic heterocycles. The third kappa shape index (κ3) is 3.66. The van der Waals surface area contributed by atoms with E-state index >= 15 is 0 Å². The highest BCUT2D eigenvalue weighted by atomic mass is 16.2. The monoisotopic (exact) mass is 281 g/mol. The number of nitrogens with one attached hydrogen (secondary N) is 1. The van der Waals surface area contributed by atoms with Crippen LogP contribution in [-0.4, -0.2) is 53.1 Å². The smallest absolute Gasteiger partial charge is 0.317 e. The molecule has 1 N–H and O–H groups in total. The van der Waals surface area contributed by atoms with Gasteiger partial charge in [-0.3, -0.25) is 4.90 Å². The Labute approximate surface area is 123 Å². The van der Waals surface area contributed by atoms with Crippen LogP contribution >= 0.6 is 0 Å². The molecule has 1 saturated carbocycles. The van der Waals surface area contributed by atoms with Crippen molar-refractivity contribution in [1.29, 1.82) is 0 Å². The number of carbonyl (C=O) groups excluding carboxylic acids is 1. The molecule has 0 aromatic rings. The molecule has 0 radical (unpaired) electrons. The minimum Gasteiger partial charge on any atom is -0.335 e. The minimum atomic E-state index is 0.153. The Bertz CT molecular complexity index is 310. The van der Waals surface area contributed by atoms with Crippen molar-refractivity contribution in [2.24, 2.45) is 0 Å². The lowest BCUT2D eigenvalue weighted by molar-refractivity contribution is 0.0162. The first-order valence-electron chi connectivity index (χ1n) is 8.32. The predicted molar refractivity (Wildman–Crippen MR) is 82.9 cm³/mol. The van der Waals surface area contributed by atoms with Gasteiger partial charge in [0.15, 0.2) is 0 Å². The maximum Gasteiger partial charge on any atom is 0.317 e. The second kappa shape index (κ2) is 6.79. The first-order chi connectivity index (χ1) is 9.49. The first-order valence-corrected chi connectivity index (χ1v) is 8.32. The van der Waals surface area contributed by atoms with Gasteiger partial charge in [0.1, 0.15) is 0 Å². The number of urea groups is 1. The van der Waals surface area contributed by atoms with E-state index in [1.807, 2.05) is 4.90 Å². The molecule has 1 aliphatic heterocycles. The van der Waals surface area contributed by atoms with Crippen LogP contribution in [0.4, 0.5) is 4.79 Å². The van der Waals surface area contributed by atoms with E-state index in [1.54, 1.807) is 0 Å². The fourth-order valence-corrected chi connectivity index (χ4v) is 3.76. The molecule has 2 aliphatic rings. The molecule has 20 heavy (non-hydrogen) atoms. The van der Waals surface area contributed by atoms with Crippen molar-refractivity contribution in [2.75, 3.05) is 13.1 Å². The van der Waals surface area contributed by atoms with E-state index < -0.39 is 0 Å². The fourth-order valence-electron chi connectivity index (χ4n) is 3.76. The van der Waals surface area contributed by atoms with E-state index in [-0.39, 0.29) is 6.03 Å². The lowest BCUT2D eigenvalue weighted by atomic mass is 9.95. The molecule has 1 saturated heterocycles. The van der Waals surface area contributed by atoms with Gasteiger partial charge in [-0.25, -0.2) is 4.79 Å². The molecule has 116 valence electrons. The molecule has 0 unspecified atom stereocenters. The van der Waals surface area contributed by atoms with E-state index in [9.17, 15) is 4.79 Å². The zero-order chi connectivity index (χ0) is 14.7. The van der Waals surface area contributed by atoms with Crippen LogP contribution in [0.2, 0.25) is 0 Å². The van der Waals surface area contributed by atoms with Gasteiger partial charge in [0.05, 0.1) is 0 Å². The summed E-state index contributed by atoms with van der Waals surface area (Å²) in [6.07, 6.45) is 6.18. The quantitative estimate of drug-likeness (QED) is 0.860. The molecular weight excluding hydrogens is 250 g/mol. The van der Waals surface area contributed by atoms with Crippen molar-refractivity contribution in [2.45, 2.75) is 84.0 Å². The van der Waals surface area contributed by atoms with Gasteiger partial charge in [0.2, 0.25) is 0 Å². The summed E-state index contributed by atoms with van der Waals surface area (Å²) in [6.45, 7) is 10.7. The SMILES string of the molecule is CC(C)N(C(C)C)C1CN(C(=O)NC2CCCCC2)C1. The van der Waals surface area contributed by atoms with Crippen molar-refractivity contribution in [3.8, 4) is 0 Å². The number of amides is 2. The van der Waals surface area contributed by atoms with Crippen molar-refractivity contribution >= 4 is 6.03 Å². The zero-order valence-corrected chi connectivity index (χ0v) is 13.6. The van der Waals surface area contributed by atoms with E-state index in [0.717, 1.165) is 25.9 Å². The van der Waals surface area contributed by atoms with Crippen LogP contribution in [-0.2, 0) is 0 Å². The summed E-state index contributed by atoms with van der Waals surface area (Å²) in [7, 11) is 0. The average molecular weight is 281 g/mol. The highest BCUT2D eigenvalue weighted by Crippen LogP contribution is 2.22. The third-order valence-electron chi connectivity index (χ3n) is 4.70. The summed E-state index contributed by atoms with van der Waals surface area (Å²) < 4.78 is 0. The van der Waals surface area contributed by atoms with Gasteiger partial charge >= 0.3 is 6.03 Å². The molecule has 2 fully saturated rings. The number of likely N-dealkylation sites (tertiary alicyclic amines) is 1. The molecule has 0 aromatic carbocycles. The van der Waals surface area contributed by atoms with Crippen LogP contribution in [0.5, 0.6) is 0 Å². The van der Waals surface area contributed by atoms with Crippen LogP contribution in [0.1, 0.15) is 59.8 Å². The van der Waals surface area contributed by atoms with Gasteiger partial charge in [0.25, 0.3) is 0 Å². The molecule has 1 heterocycles. The molecule has 1 aliphatic carbocycles. The highest BCUT2D eigenvalue weighted by molar-refractivity contribution is 5.75. The lowest BCUT2D eigenvalue weighted by Gasteiger charge is -2.49. The second-order valence-corrected chi connectivity index (χ2v) is 6.98. The number of rotatable bonds is 4. The Morgan fingerprint density at radius 2 is 1.60 bits per heavy atom. The van der Waals surface area contributed by atoms with Gasteiger partial charge in [-0.05, 0) is 40.5 Å². The molecule has 4 nitrogen and oxygen atoms in total. The van der Waals surface area contributed by atoms with Gasteiger partial charge in [-0.15, -0.1) is 0 Å². The molecule has 0 bridgehead atoms. The van der Waals surface area contributed by atoms with Crippen molar-refractivity contribution in [3.63, 3.8) is 0 Å². The molecule has 4 heteroatoms. The predicted octanol–water partition coefficient (Wildman–Crippen LogP) is 2.83. The van der Waals surface area contributed by atoms with E-state index in [0.29, 0.717) is 24.2 Å². The molecule has 2 rings (SSSR count). The maximum absolute atomic E-state index is 12.2. The molecule has 2 amide bonds. The van der Waals surface area contributed by atoms with Gasteiger partial charge in [-0.1, -0.05) is 19.3 Å². The fraction of sp³-hybridized carbons (Fsp3) is 0.938. The van der Waals surface area contributed by atoms with E-state index in [2.05, 4.69) is 37.9 Å². The average Bonchev–Trinajstić information content (AvgIpc) is 2.32. The number of carbonyl (C=O) groups is 1. The maximum atomic E-state index is 12.2. The number of nitrogens with zero attached hydrogens (tertiary/aromatic N) is 2. The summed E-state index contributed by atoms with van der Waals surface area (Å²) in [6, 6.07) is 2.20. The molecule has 0 atom stereocenters. The van der Waals surface area contributed by atoms with Gasteiger partial charge in [-0.2, -0.15) is 0 Å². The summed E-state index contributed by atoms with van der Waals surface area (Å²) in [5.74, 6) is 0. The summed E-state index contributed by atoms with van der Waals surface area (Å²) in [5, 5.41) is 3.21. The van der Waals surface area contributed by atoms with Gasteiger partial charge in [0, 0.05) is 37.3 Å². The van der Waals surface area contributed by atoms with Crippen LogP contribution in [0.25, 0.3) is 0 Å². The Balaban J connectivity index is 1.75. The lowest BCUT2D eigenvalue weighted by Crippen LogP contribution is -2.66. The standard InChI is InChI=1S/C16H31N3O/c1-12(2)19(13(3)4)15-10-18(11-15)16(20)17-14-8-6-5-7-9-14/h12-15H,5-11H2,1-4H3,(H,17,20). The van der Waals surface area contributed by atoms with Crippen LogP contribution in [0.3, 0.4) is 0 Å². The minimum absolute atomic E-state index is 0.153. The topological polar surface area (TPSA) is 35.6 Å². The van der Waals surface area contributed by atoms with E-state index in [1.165, 1.54) is 19.3 Å². The largest absolute Gasteiger partial charge is 0.335 e. The summed E-state index contributed by atoms with van der Waals surface area (Å²) in [4.78, 5) is 16.7. The Kier molecular flexibility index (Phi) is 5.30. The Hall–Kier alpha value is -0.770. The third-order valence-corrected chi connectivity index (χ3v) is 4.70. The van der Waals surface area contributed by atoms with Crippen molar-refractivity contribution < 1.29 is 4.79 Å². The van der Waals surface area contributed by atoms with Crippen LogP contribution in [0, 0.1) is 0 Å². The number of hydrogen-bond acceptors (Lipinski definition) is 2.